The van der Waals surface area contributed by atoms with E-state index in [1.165, 1.54) is 4.90 Å². The summed E-state index contributed by atoms with van der Waals surface area (Å²) in [5.41, 5.74) is -0.540. The molecular formula is C14H25F3N2O. The van der Waals surface area contributed by atoms with Crippen molar-refractivity contribution in [1.82, 2.24) is 10.2 Å². The highest BCUT2D eigenvalue weighted by Crippen LogP contribution is 2.42. The van der Waals surface area contributed by atoms with Crippen molar-refractivity contribution in [3.8, 4) is 0 Å². The maximum atomic E-state index is 12.7. The largest absolute Gasteiger partial charge is 0.401 e. The van der Waals surface area contributed by atoms with Gasteiger partial charge < -0.3 is 10.4 Å². The van der Waals surface area contributed by atoms with E-state index in [-0.39, 0.29) is 13.2 Å². The van der Waals surface area contributed by atoms with E-state index in [1.807, 2.05) is 6.92 Å². The van der Waals surface area contributed by atoms with Gasteiger partial charge in [0, 0.05) is 12.6 Å². The molecule has 2 N–H and O–H groups in total. The third kappa shape index (κ3) is 4.60. The number of aliphatic hydroxyl groups is 1. The van der Waals surface area contributed by atoms with Gasteiger partial charge in [0.15, 0.2) is 0 Å². The molecule has 1 atom stereocenters. The summed E-state index contributed by atoms with van der Waals surface area (Å²) in [4.78, 5) is 1.45. The highest BCUT2D eigenvalue weighted by molar-refractivity contribution is 5.06. The van der Waals surface area contributed by atoms with Gasteiger partial charge in [-0.2, -0.15) is 13.2 Å². The van der Waals surface area contributed by atoms with Crippen molar-refractivity contribution in [1.29, 1.82) is 0 Å². The van der Waals surface area contributed by atoms with E-state index >= 15 is 0 Å². The van der Waals surface area contributed by atoms with Crippen molar-refractivity contribution in [3.05, 3.63) is 0 Å². The SMILES string of the molecule is CCCN(CC(F)(F)F)CC(CO)(NC1CC1)C1CC1. The van der Waals surface area contributed by atoms with Crippen LogP contribution in [0.2, 0.25) is 0 Å². The van der Waals surface area contributed by atoms with E-state index in [4.69, 9.17) is 0 Å². The van der Waals surface area contributed by atoms with Crippen LogP contribution in [-0.2, 0) is 0 Å². The third-order valence-corrected chi connectivity index (χ3v) is 4.16. The van der Waals surface area contributed by atoms with Gasteiger partial charge in [-0.1, -0.05) is 6.92 Å². The normalized spacial score (nSPS) is 23.1. The average Bonchev–Trinajstić information content (AvgIpc) is 3.19. The molecule has 0 amide bonds. The molecule has 0 aliphatic heterocycles. The maximum Gasteiger partial charge on any atom is 0.401 e. The van der Waals surface area contributed by atoms with Gasteiger partial charge in [0.1, 0.15) is 0 Å². The molecule has 6 heteroatoms. The number of hydrogen-bond acceptors (Lipinski definition) is 3. The minimum Gasteiger partial charge on any atom is -0.394 e. The summed E-state index contributed by atoms with van der Waals surface area (Å²) < 4.78 is 38.0. The van der Waals surface area contributed by atoms with Gasteiger partial charge in [0.05, 0.1) is 18.7 Å². The lowest BCUT2D eigenvalue weighted by Crippen LogP contribution is -2.59. The number of nitrogens with one attached hydrogen (secondary N) is 1. The molecule has 0 aromatic heterocycles. The molecule has 0 aromatic carbocycles. The number of nitrogens with zero attached hydrogens (tertiary/aromatic N) is 1. The van der Waals surface area contributed by atoms with Crippen LogP contribution in [0.4, 0.5) is 13.2 Å². The summed E-state index contributed by atoms with van der Waals surface area (Å²) in [6.07, 6.45) is 0.659. The fraction of sp³-hybridized carbons (Fsp3) is 1.00. The quantitative estimate of drug-likeness (QED) is 0.684. The van der Waals surface area contributed by atoms with Crippen LogP contribution in [-0.4, -0.2) is 54.0 Å². The van der Waals surface area contributed by atoms with Crippen LogP contribution in [0.25, 0.3) is 0 Å². The van der Waals surface area contributed by atoms with Crippen molar-refractivity contribution < 1.29 is 18.3 Å². The first-order valence-corrected chi connectivity index (χ1v) is 7.56. The third-order valence-electron chi connectivity index (χ3n) is 4.16. The monoisotopic (exact) mass is 294 g/mol. The summed E-state index contributed by atoms with van der Waals surface area (Å²) in [6, 6.07) is 0.386. The van der Waals surface area contributed by atoms with Crippen molar-refractivity contribution in [2.24, 2.45) is 5.92 Å². The smallest absolute Gasteiger partial charge is 0.394 e. The zero-order valence-electron chi connectivity index (χ0n) is 12.0. The first kappa shape index (κ1) is 16.0. The lowest BCUT2D eigenvalue weighted by Gasteiger charge is -2.39. The Kier molecular flexibility index (Phi) is 4.97. The first-order chi connectivity index (χ1) is 9.38. The van der Waals surface area contributed by atoms with Crippen molar-refractivity contribution >= 4 is 0 Å². The van der Waals surface area contributed by atoms with Gasteiger partial charge >= 0.3 is 6.18 Å². The Bertz CT molecular complexity index is 316. The molecule has 0 spiro atoms. The molecule has 0 radical (unpaired) electrons. The van der Waals surface area contributed by atoms with Crippen LogP contribution >= 0.6 is 0 Å². The highest BCUT2D eigenvalue weighted by atomic mass is 19.4. The predicted octanol–water partition coefficient (Wildman–Crippen LogP) is 2.15. The lowest BCUT2D eigenvalue weighted by molar-refractivity contribution is -0.149. The predicted molar refractivity (Wildman–Crippen MR) is 71.5 cm³/mol. The lowest BCUT2D eigenvalue weighted by atomic mass is 9.92. The fourth-order valence-corrected chi connectivity index (χ4v) is 2.97. The molecule has 3 nitrogen and oxygen atoms in total. The summed E-state index contributed by atoms with van der Waals surface area (Å²) >= 11 is 0. The maximum absolute atomic E-state index is 12.7. The Labute approximate surface area is 118 Å². The standard InChI is InChI=1S/C14H25F3N2O/c1-2-7-19(9-14(15,16)17)8-13(10-20,11-3-4-11)18-12-5-6-12/h11-12,18,20H,2-10H2,1H3. The zero-order chi connectivity index (χ0) is 14.8. The molecule has 0 bridgehead atoms. The summed E-state index contributed by atoms with van der Waals surface area (Å²) in [5.74, 6) is 0.320. The van der Waals surface area contributed by atoms with Crippen LogP contribution in [0, 0.1) is 5.92 Å². The molecule has 118 valence electrons. The molecule has 2 aliphatic rings. The fourth-order valence-electron chi connectivity index (χ4n) is 2.97. The van der Waals surface area contributed by atoms with E-state index in [2.05, 4.69) is 5.32 Å². The van der Waals surface area contributed by atoms with Crippen LogP contribution < -0.4 is 5.32 Å². The van der Waals surface area contributed by atoms with E-state index < -0.39 is 18.3 Å². The summed E-state index contributed by atoms with van der Waals surface area (Å²) in [6.45, 7) is 1.63. The number of hydrogen-bond donors (Lipinski definition) is 2. The molecule has 0 heterocycles. The minimum atomic E-state index is -4.18. The van der Waals surface area contributed by atoms with Gasteiger partial charge in [-0.25, -0.2) is 0 Å². The molecule has 2 fully saturated rings. The molecule has 1 unspecified atom stereocenters. The number of aliphatic hydroxyl groups excluding tert-OH is 1. The molecule has 2 aliphatic carbocycles. The van der Waals surface area contributed by atoms with Crippen LogP contribution in [0.15, 0.2) is 0 Å². The Morgan fingerprint density at radius 1 is 1.15 bits per heavy atom. The van der Waals surface area contributed by atoms with Crippen LogP contribution in [0.3, 0.4) is 0 Å². The van der Waals surface area contributed by atoms with E-state index in [9.17, 15) is 18.3 Å². The van der Waals surface area contributed by atoms with Crippen LogP contribution in [0.5, 0.6) is 0 Å². The molecule has 2 rings (SSSR count). The summed E-state index contributed by atoms with van der Waals surface area (Å²) in [7, 11) is 0. The average molecular weight is 294 g/mol. The van der Waals surface area contributed by atoms with E-state index in [1.54, 1.807) is 0 Å². The van der Waals surface area contributed by atoms with Crippen molar-refractivity contribution in [3.63, 3.8) is 0 Å². The second-order valence-corrected chi connectivity index (χ2v) is 6.33. The van der Waals surface area contributed by atoms with Crippen molar-refractivity contribution in [2.45, 2.75) is 56.8 Å². The van der Waals surface area contributed by atoms with Gasteiger partial charge in [0.25, 0.3) is 0 Å². The van der Waals surface area contributed by atoms with Gasteiger partial charge in [-0.3, -0.25) is 4.90 Å². The highest BCUT2D eigenvalue weighted by Gasteiger charge is 2.48. The molecule has 0 saturated heterocycles. The van der Waals surface area contributed by atoms with Gasteiger partial charge in [-0.15, -0.1) is 0 Å². The van der Waals surface area contributed by atoms with Crippen LogP contribution in [0.1, 0.15) is 39.0 Å². The van der Waals surface area contributed by atoms with Gasteiger partial charge in [-0.05, 0) is 44.6 Å². The molecule has 20 heavy (non-hydrogen) atoms. The molecule has 2 saturated carbocycles. The topological polar surface area (TPSA) is 35.5 Å². The molecular weight excluding hydrogens is 269 g/mol. The minimum absolute atomic E-state index is 0.0771. The Morgan fingerprint density at radius 3 is 2.20 bits per heavy atom. The number of rotatable bonds is 9. The number of alkyl halides is 3. The number of halogens is 3. The zero-order valence-corrected chi connectivity index (χ0v) is 12.0. The molecule has 0 aromatic rings. The Morgan fingerprint density at radius 2 is 1.80 bits per heavy atom. The van der Waals surface area contributed by atoms with Crippen molar-refractivity contribution in [2.75, 3.05) is 26.2 Å². The first-order valence-electron chi connectivity index (χ1n) is 7.56. The second-order valence-electron chi connectivity index (χ2n) is 6.33. The van der Waals surface area contributed by atoms with E-state index in [0.29, 0.717) is 24.9 Å². The Balaban J connectivity index is 2.02. The van der Waals surface area contributed by atoms with E-state index in [0.717, 1.165) is 25.7 Å². The van der Waals surface area contributed by atoms with Gasteiger partial charge in [0.2, 0.25) is 0 Å². The second kappa shape index (κ2) is 6.20. The summed E-state index contributed by atoms with van der Waals surface area (Å²) in [5, 5.41) is 13.2. The Hall–Kier alpha value is -0.330.